The number of hydrogen-bond acceptors (Lipinski definition) is 5. The van der Waals surface area contributed by atoms with Gasteiger partial charge in [-0.1, -0.05) is 26.7 Å². The Morgan fingerprint density at radius 2 is 1.84 bits per heavy atom. The summed E-state index contributed by atoms with van der Waals surface area (Å²) in [4.78, 5) is 29.7. The van der Waals surface area contributed by atoms with Crippen LogP contribution in [0.25, 0.3) is 0 Å². The van der Waals surface area contributed by atoms with Gasteiger partial charge in [-0.05, 0) is 33.6 Å². The maximum Gasteiger partial charge on any atom is 0.538 e. The average molecular weight is 278 g/mol. The predicted molar refractivity (Wildman–Crippen MR) is 69.2 cm³/mol. The van der Waals surface area contributed by atoms with E-state index in [2.05, 4.69) is 11.8 Å². The molecule has 0 aliphatic heterocycles. The lowest BCUT2D eigenvalue weighted by molar-refractivity contribution is -0.478. The Morgan fingerprint density at radius 3 is 2.26 bits per heavy atom. The monoisotopic (exact) mass is 278 g/mol. The molecule has 19 heavy (non-hydrogen) atoms. The van der Waals surface area contributed by atoms with Crippen molar-refractivity contribution in [3.8, 4) is 0 Å². The molecule has 1 N–H and O–H groups in total. The number of hydrogen-bond donors (Lipinski definition) is 1. The van der Waals surface area contributed by atoms with Crippen molar-refractivity contribution in [2.24, 2.45) is 5.92 Å². The molecule has 0 radical (unpaired) electrons. The summed E-state index contributed by atoms with van der Waals surface area (Å²) in [7, 11) is 0. The van der Waals surface area contributed by atoms with Gasteiger partial charge in [0.1, 0.15) is 0 Å². The van der Waals surface area contributed by atoms with Crippen molar-refractivity contribution in [3.63, 3.8) is 0 Å². The zero-order valence-electron chi connectivity index (χ0n) is 12.5. The fourth-order valence-electron chi connectivity index (χ4n) is 1.45. The third kappa shape index (κ3) is 9.69. The molecule has 0 heterocycles. The van der Waals surface area contributed by atoms with Crippen molar-refractivity contribution >= 4 is 6.16 Å². The minimum Gasteiger partial charge on any atom is -0.448 e. The molecule has 0 aromatic rings. The van der Waals surface area contributed by atoms with E-state index in [1.807, 2.05) is 27.7 Å². The van der Waals surface area contributed by atoms with Gasteiger partial charge in [0.2, 0.25) is 6.29 Å². The van der Waals surface area contributed by atoms with E-state index >= 15 is 0 Å². The van der Waals surface area contributed by atoms with Gasteiger partial charge in [-0.3, -0.25) is 4.89 Å². The van der Waals surface area contributed by atoms with Crippen LogP contribution in [0.4, 0.5) is 4.79 Å². The molecule has 2 atom stereocenters. The second-order valence-corrected chi connectivity index (χ2v) is 5.42. The molecule has 0 saturated carbocycles. The van der Waals surface area contributed by atoms with Crippen molar-refractivity contribution in [2.45, 2.75) is 72.2 Å². The van der Waals surface area contributed by atoms with E-state index in [0.717, 1.165) is 25.7 Å². The van der Waals surface area contributed by atoms with Gasteiger partial charge in [0.15, 0.2) is 0 Å². The molecule has 0 fully saturated rings. The average Bonchev–Trinajstić information content (AvgIpc) is 2.30. The molecule has 0 spiro atoms. The van der Waals surface area contributed by atoms with Gasteiger partial charge in [-0.2, -0.15) is 4.89 Å². The molecule has 0 aromatic heterocycles. The molecule has 6 heteroatoms. The standard InChI is InChI=1S/C13H26O6/c1-6-8-9-10(7-2)11(16-18-12(14)15)17-19-13(3,4)5/h10-11H,6-9H2,1-5H3,(H,14,15). The highest BCUT2D eigenvalue weighted by Gasteiger charge is 2.27. The van der Waals surface area contributed by atoms with Crippen LogP contribution in [0, 0.1) is 5.92 Å². The van der Waals surface area contributed by atoms with Gasteiger partial charge in [-0.15, -0.1) is 4.89 Å². The molecule has 0 amide bonds. The lowest BCUT2D eigenvalue weighted by Crippen LogP contribution is -2.32. The van der Waals surface area contributed by atoms with E-state index in [-0.39, 0.29) is 5.92 Å². The molecule has 0 aromatic carbocycles. The Morgan fingerprint density at radius 1 is 1.21 bits per heavy atom. The predicted octanol–water partition coefficient (Wildman–Crippen LogP) is 3.90. The third-order valence-corrected chi connectivity index (χ3v) is 2.44. The Hall–Kier alpha value is -0.850. The fraction of sp³-hybridized carbons (Fsp3) is 0.923. The largest absolute Gasteiger partial charge is 0.538 e. The minimum absolute atomic E-state index is 0.0154. The van der Waals surface area contributed by atoms with Crippen LogP contribution in [0.15, 0.2) is 0 Å². The van der Waals surface area contributed by atoms with E-state index in [1.165, 1.54) is 0 Å². The van der Waals surface area contributed by atoms with E-state index in [1.54, 1.807) is 0 Å². The van der Waals surface area contributed by atoms with Crippen molar-refractivity contribution < 1.29 is 29.5 Å². The SMILES string of the molecule is CCCCC(CC)C(OOC(=O)O)OOC(C)(C)C. The van der Waals surface area contributed by atoms with E-state index in [4.69, 9.17) is 19.8 Å². The number of unbranched alkanes of at least 4 members (excludes halogenated alkanes) is 1. The number of rotatable bonds is 9. The Balaban J connectivity index is 4.47. The maximum absolute atomic E-state index is 10.4. The first-order valence-corrected chi connectivity index (χ1v) is 6.70. The first-order valence-electron chi connectivity index (χ1n) is 6.70. The zero-order valence-corrected chi connectivity index (χ0v) is 12.5. The summed E-state index contributed by atoms with van der Waals surface area (Å²) in [5.74, 6) is 0.0154. The van der Waals surface area contributed by atoms with Crippen LogP contribution in [0.1, 0.15) is 60.3 Å². The first-order chi connectivity index (χ1) is 8.80. The van der Waals surface area contributed by atoms with Crippen molar-refractivity contribution in [3.05, 3.63) is 0 Å². The lowest BCUT2D eigenvalue weighted by Gasteiger charge is -2.26. The van der Waals surface area contributed by atoms with Crippen molar-refractivity contribution in [2.75, 3.05) is 0 Å². The van der Waals surface area contributed by atoms with Crippen molar-refractivity contribution in [1.82, 2.24) is 0 Å². The molecule has 0 bridgehead atoms. The van der Waals surface area contributed by atoms with E-state index in [9.17, 15) is 4.79 Å². The van der Waals surface area contributed by atoms with Crippen LogP contribution in [-0.2, 0) is 19.6 Å². The summed E-state index contributed by atoms with van der Waals surface area (Å²) in [5, 5.41) is 8.48. The lowest BCUT2D eigenvalue weighted by atomic mass is 9.99. The van der Waals surface area contributed by atoms with Gasteiger partial charge < -0.3 is 5.11 Å². The van der Waals surface area contributed by atoms with Crippen LogP contribution < -0.4 is 0 Å². The Bertz CT molecular complexity index is 248. The smallest absolute Gasteiger partial charge is 0.448 e. The second kappa shape index (κ2) is 9.12. The summed E-state index contributed by atoms with van der Waals surface area (Å²) in [6.45, 7) is 9.56. The molecule has 114 valence electrons. The van der Waals surface area contributed by atoms with Gasteiger partial charge >= 0.3 is 6.16 Å². The van der Waals surface area contributed by atoms with Crippen LogP contribution in [0.3, 0.4) is 0 Å². The summed E-state index contributed by atoms with van der Waals surface area (Å²) in [5.41, 5.74) is -0.506. The topological polar surface area (TPSA) is 74.2 Å². The molecule has 0 aliphatic rings. The van der Waals surface area contributed by atoms with Crippen LogP contribution in [-0.4, -0.2) is 23.2 Å². The third-order valence-electron chi connectivity index (χ3n) is 2.44. The maximum atomic E-state index is 10.4. The van der Waals surface area contributed by atoms with Gasteiger partial charge in [0.25, 0.3) is 0 Å². The molecule has 0 saturated heterocycles. The summed E-state index contributed by atoms with van der Waals surface area (Å²) < 4.78 is 0. The molecular formula is C13H26O6. The highest BCUT2D eigenvalue weighted by molar-refractivity contribution is 5.55. The summed E-state index contributed by atoms with van der Waals surface area (Å²) >= 11 is 0. The number of carbonyl (C=O) groups is 1. The molecule has 6 nitrogen and oxygen atoms in total. The van der Waals surface area contributed by atoms with Crippen LogP contribution >= 0.6 is 0 Å². The Kier molecular flexibility index (Phi) is 8.71. The van der Waals surface area contributed by atoms with E-state index in [0.29, 0.717) is 0 Å². The van der Waals surface area contributed by atoms with Gasteiger partial charge in [0.05, 0.1) is 5.60 Å². The highest BCUT2D eigenvalue weighted by atomic mass is 17.3. The van der Waals surface area contributed by atoms with Crippen LogP contribution in [0.2, 0.25) is 0 Å². The van der Waals surface area contributed by atoms with Gasteiger partial charge in [0, 0.05) is 5.92 Å². The zero-order chi connectivity index (χ0) is 14.9. The quantitative estimate of drug-likeness (QED) is 0.391. The highest BCUT2D eigenvalue weighted by Crippen LogP contribution is 2.23. The normalized spacial score (nSPS) is 15.0. The summed E-state index contributed by atoms with van der Waals surface area (Å²) in [6.07, 6.45) is 1.32. The second-order valence-electron chi connectivity index (χ2n) is 5.42. The summed E-state index contributed by atoms with van der Waals surface area (Å²) in [6, 6.07) is 0. The number of carboxylic acid groups (broad SMARTS) is 1. The molecule has 0 rings (SSSR count). The van der Waals surface area contributed by atoms with Crippen LogP contribution in [0.5, 0.6) is 0 Å². The van der Waals surface area contributed by atoms with Gasteiger partial charge in [-0.25, -0.2) is 9.68 Å². The van der Waals surface area contributed by atoms with E-state index < -0.39 is 18.0 Å². The Labute approximate surface area is 114 Å². The molecule has 0 aliphatic carbocycles. The molecular weight excluding hydrogens is 252 g/mol. The van der Waals surface area contributed by atoms with Crippen molar-refractivity contribution in [1.29, 1.82) is 0 Å². The first kappa shape index (κ1) is 18.1. The fourth-order valence-corrected chi connectivity index (χ4v) is 1.45. The minimum atomic E-state index is -1.50. The molecule has 2 unspecified atom stereocenters.